The maximum Gasteiger partial charge on any atom is 0.303 e. The van der Waals surface area contributed by atoms with Crippen molar-refractivity contribution >= 4 is 33.3 Å². The molecule has 6 nitrogen and oxygen atoms in total. The lowest BCUT2D eigenvalue weighted by Crippen LogP contribution is -2.03. The lowest BCUT2D eigenvalue weighted by molar-refractivity contribution is -0.136. The number of ether oxygens (including phenoxy) is 1. The number of carboxylic acid groups (broad SMARTS) is 1. The van der Waals surface area contributed by atoms with Crippen molar-refractivity contribution in [2.24, 2.45) is 0 Å². The number of carbonyl (C=O) groups is 1. The molecular weight excluding hydrogens is 392 g/mol. The van der Waals surface area contributed by atoms with Gasteiger partial charge in [-0.2, -0.15) is 5.10 Å². The molecule has 30 heavy (non-hydrogen) atoms. The summed E-state index contributed by atoms with van der Waals surface area (Å²) < 4.78 is 36.4. The van der Waals surface area contributed by atoms with E-state index in [4.69, 9.17) is 4.74 Å². The van der Waals surface area contributed by atoms with Crippen LogP contribution in [0, 0.1) is 11.6 Å². The van der Waals surface area contributed by atoms with E-state index >= 15 is 4.39 Å². The van der Waals surface area contributed by atoms with Crippen LogP contribution in [0.2, 0.25) is 0 Å². The monoisotopic (exact) mass is 411 g/mol. The average Bonchev–Trinajstić information content (AvgIpc) is 3.30. The smallest absolute Gasteiger partial charge is 0.303 e. The zero-order valence-corrected chi connectivity index (χ0v) is 16.4. The highest BCUT2D eigenvalue weighted by atomic mass is 19.1. The largest absolute Gasteiger partial charge is 0.494 e. The molecule has 0 aliphatic heterocycles. The number of nitrogens with zero attached hydrogens (tertiary/aromatic N) is 2. The van der Waals surface area contributed by atoms with Gasteiger partial charge in [-0.25, -0.2) is 8.78 Å². The first-order valence-corrected chi connectivity index (χ1v) is 9.24. The van der Waals surface area contributed by atoms with E-state index in [1.54, 1.807) is 23.6 Å². The van der Waals surface area contributed by atoms with Gasteiger partial charge in [0, 0.05) is 23.3 Å². The van der Waals surface area contributed by atoms with Crippen molar-refractivity contribution in [1.82, 2.24) is 14.8 Å². The Balaban J connectivity index is 2.15. The van der Waals surface area contributed by atoms with E-state index in [0.29, 0.717) is 33.4 Å². The molecule has 2 heterocycles. The van der Waals surface area contributed by atoms with Gasteiger partial charge < -0.3 is 14.4 Å². The van der Waals surface area contributed by atoms with Crippen LogP contribution in [0.15, 0.2) is 37.0 Å². The van der Waals surface area contributed by atoms with Gasteiger partial charge in [-0.15, -0.1) is 0 Å². The van der Waals surface area contributed by atoms with Crippen molar-refractivity contribution in [2.75, 3.05) is 7.11 Å². The van der Waals surface area contributed by atoms with Crippen LogP contribution in [0.4, 0.5) is 8.78 Å². The van der Waals surface area contributed by atoms with Crippen molar-refractivity contribution in [3.63, 3.8) is 0 Å². The molecule has 154 valence electrons. The molecule has 0 radical (unpaired) electrons. The first-order chi connectivity index (χ1) is 14.3. The van der Waals surface area contributed by atoms with Crippen LogP contribution < -0.4 is 4.74 Å². The Kier molecular flexibility index (Phi) is 4.77. The van der Waals surface area contributed by atoms with Crippen LogP contribution >= 0.6 is 0 Å². The quantitative estimate of drug-likeness (QED) is 0.476. The minimum Gasteiger partial charge on any atom is -0.494 e. The summed E-state index contributed by atoms with van der Waals surface area (Å²) in [4.78, 5) is 11.2. The Bertz CT molecular complexity index is 1320. The number of halogens is 2. The Morgan fingerprint density at radius 1 is 1.33 bits per heavy atom. The number of aliphatic carboxylic acids is 1. The van der Waals surface area contributed by atoms with E-state index in [-0.39, 0.29) is 29.5 Å². The molecule has 0 saturated carbocycles. The number of H-pyrrole nitrogens is 1. The fourth-order valence-electron chi connectivity index (χ4n) is 3.85. The molecule has 2 aromatic carbocycles. The van der Waals surface area contributed by atoms with Crippen molar-refractivity contribution in [3.05, 3.63) is 59.9 Å². The molecule has 0 amide bonds. The maximum atomic E-state index is 15.5. The highest BCUT2D eigenvalue weighted by Gasteiger charge is 2.24. The Morgan fingerprint density at radius 3 is 2.77 bits per heavy atom. The highest BCUT2D eigenvalue weighted by molar-refractivity contribution is 6.01. The number of fused-ring (bicyclic) bond motifs is 2. The summed E-state index contributed by atoms with van der Waals surface area (Å²) in [7, 11) is 1.36. The highest BCUT2D eigenvalue weighted by Crippen LogP contribution is 2.39. The summed E-state index contributed by atoms with van der Waals surface area (Å²) in [6, 6.07) is 6.11. The van der Waals surface area contributed by atoms with E-state index in [2.05, 4.69) is 16.8 Å². The predicted molar refractivity (Wildman–Crippen MR) is 110 cm³/mol. The third kappa shape index (κ3) is 3.01. The Hall–Kier alpha value is -3.68. The lowest BCUT2D eigenvalue weighted by atomic mass is 10.0. The number of aryl methyl sites for hydroxylation is 1. The molecule has 8 heteroatoms. The molecule has 0 bridgehead atoms. The van der Waals surface area contributed by atoms with Gasteiger partial charge in [-0.1, -0.05) is 6.58 Å². The number of aromatic amines is 1. The number of benzene rings is 2. The van der Waals surface area contributed by atoms with Crippen molar-refractivity contribution in [2.45, 2.75) is 19.8 Å². The van der Waals surface area contributed by atoms with Crippen LogP contribution in [0.1, 0.15) is 24.6 Å². The van der Waals surface area contributed by atoms with Gasteiger partial charge in [-0.05, 0) is 42.7 Å². The molecule has 0 unspecified atom stereocenters. The fourth-order valence-corrected chi connectivity index (χ4v) is 3.85. The molecule has 4 rings (SSSR count). The predicted octanol–water partition coefficient (Wildman–Crippen LogP) is 4.84. The van der Waals surface area contributed by atoms with Gasteiger partial charge in [0.05, 0.1) is 30.2 Å². The van der Waals surface area contributed by atoms with Gasteiger partial charge in [-0.3, -0.25) is 9.89 Å². The van der Waals surface area contributed by atoms with Crippen molar-refractivity contribution in [1.29, 1.82) is 0 Å². The topological polar surface area (TPSA) is 80.1 Å². The van der Waals surface area contributed by atoms with Crippen LogP contribution in [0.25, 0.3) is 33.1 Å². The number of aromatic nitrogens is 3. The molecule has 0 saturated heterocycles. The lowest BCUT2D eigenvalue weighted by Gasteiger charge is -2.14. The van der Waals surface area contributed by atoms with Gasteiger partial charge in [0.2, 0.25) is 0 Å². The van der Waals surface area contributed by atoms with Crippen LogP contribution in [-0.4, -0.2) is 33.0 Å². The van der Waals surface area contributed by atoms with E-state index in [9.17, 15) is 14.3 Å². The fraction of sp³-hybridized carbons (Fsp3) is 0.182. The number of hydrogen-bond donors (Lipinski definition) is 2. The number of allylic oxidation sites excluding steroid dienone is 1. The normalized spacial score (nSPS) is 11.3. The van der Waals surface area contributed by atoms with Gasteiger partial charge in [0.15, 0.2) is 17.4 Å². The molecule has 2 aromatic heterocycles. The third-order valence-corrected chi connectivity index (χ3v) is 5.09. The molecule has 0 fully saturated rings. The van der Waals surface area contributed by atoms with Crippen LogP contribution in [-0.2, 0) is 11.2 Å². The summed E-state index contributed by atoms with van der Waals surface area (Å²) in [6.07, 6.45) is 1.44. The van der Waals surface area contributed by atoms with Crippen LogP contribution in [0.3, 0.4) is 0 Å². The summed E-state index contributed by atoms with van der Waals surface area (Å²) in [5, 5.41) is 16.6. The van der Waals surface area contributed by atoms with Gasteiger partial charge in [0.1, 0.15) is 5.52 Å². The maximum absolute atomic E-state index is 15.5. The second-order valence-corrected chi connectivity index (χ2v) is 7.07. The minimum atomic E-state index is -0.991. The van der Waals surface area contributed by atoms with Crippen molar-refractivity contribution in [3.8, 4) is 11.4 Å². The number of hydrogen-bond acceptors (Lipinski definition) is 3. The second-order valence-electron chi connectivity index (χ2n) is 7.07. The number of nitrogens with one attached hydrogen (secondary N) is 1. The SMILES string of the molecule is C=C(C)c1c(CCC(=O)O)c2c(F)c3[nH]ncc3cc2n1-c1ccc(F)c(OC)c1. The average molecular weight is 411 g/mol. The zero-order valence-electron chi connectivity index (χ0n) is 16.4. The summed E-state index contributed by atoms with van der Waals surface area (Å²) in [6.45, 7) is 5.79. The minimum absolute atomic E-state index is 0.0407. The molecule has 0 aliphatic carbocycles. The van der Waals surface area contributed by atoms with E-state index < -0.39 is 17.6 Å². The molecule has 0 spiro atoms. The van der Waals surface area contributed by atoms with E-state index in [1.807, 2.05) is 0 Å². The number of methoxy groups -OCH3 is 1. The van der Waals surface area contributed by atoms with E-state index in [0.717, 1.165) is 0 Å². The first-order valence-electron chi connectivity index (χ1n) is 9.24. The Labute approximate surface area is 170 Å². The first kappa shape index (κ1) is 19.6. The summed E-state index contributed by atoms with van der Waals surface area (Å²) in [5.74, 6) is -1.99. The standard InChI is InChI=1S/C22H19F2N3O3/c1-11(2)22-14(5-7-18(28)29)19-16(8-12-10-25-26-21(12)20(19)24)27(22)13-4-6-15(23)17(9-13)30-3/h4,6,8-10H,1,5,7H2,2-3H3,(H,25,26)(H,28,29). The molecule has 2 N–H and O–H groups in total. The zero-order chi connectivity index (χ0) is 21.6. The number of rotatable bonds is 6. The van der Waals surface area contributed by atoms with E-state index in [1.165, 1.54) is 25.4 Å². The second kappa shape index (κ2) is 7.29. The van der Waals surface area contributed by atoms with Gasteiger partial charge >= 0.3 is 5.97 Å². The summed E-state index contributed by atoms with van der Waals surface area (Å²) >= 11 is 0. The molecule has 0 aliphatic rings. The van der Waals surface area contributed by atoms with Gasteiger partial charge in [0.25, 0.3) is 0 Å². The van der Waals surface area contributed by atoms with Crippen LogP contribution in [0.5, 0.6) is 5.75 Å². The number of carboxylic acids is 1. The molecular formula is C22H19F2N3O3. The molecule has 0 atom stereocenters. The van der Waals surface area contributed by atoms with Crippen molar-refractivity contribution < 1.29 is 23.4 Å². The summed E-state index contributed by atoms with van der Waals surface area (Å²) in [5.41, 5.74) is 3.02. The third-order valence-electron chi connectivity index (χ3n) is 5.09. The molecule has 4 aromatic rings. The Morgan fingerprint density at radius 2 is 2.10 bits per heavy atom.